The van der Waals surface area contributed by atoms with Crippen LogP contribution in [0.2, 0.25) is 0 Å². The van der Waals surface area contributed by atoms with E-state index >= 15 is 0 Å². The topological polar surface area (TPSA) is 175 Å². The number of carbonyl (C=O) groups is 1. The maximum absolute atomic E-state index is 12.5. The lowest BCUT2D eigenvalue weighted by Gasteiger charge is -2.42. The van der Waals surface area contributed by atoms with Gasteiger partial charge in [-0.2, -0.15) is 0 Å². The summed E-state index contributed by atoms with van der Waals surface area (Å²) in [7, 11) is 0. The standard InChI is InChI=1S/C22H26O11/c23-8-11-7-14(31-20(29)10-1-3-12(25)4-2-10)13-5-6-30-21(16(11)13)33-22-19(28)18(27)17(26)15(9-24)32-22/h1-7,13-19,21-28H,8-9H2/t13-,14+,15-,16+,17-,18+,19-,21+,22+/m0/s1. The normalized spacial score (nSPS) is 37.7. The molecule has 1 saturated heterocycles. The van der Waals surface area contributed by atoms with Crippen molar-refractivity contribution in [3.63, 3.8) is 0 Å². The van der Waals surface area contributed by atoms with E-state index in [0.717, 1.165) is 0 Å². The number of aliphatic hydroxyl groups excluding tert-OH is 5. The van der Waals surface area contributed by atoms with Crippen molar-refractivity contribution in [3.8, 4) is 5.75 Å². The molecular formula is C22H26O11. The van der Waals surface area contributed by atoms with Gasteiger partial charge in [-0.15, -0.1) is 0 Å². The molecule has 2 aliphatic heterocycles. The zero-order valence-electron chi connectivity index (χ0n) is 17.4. The monoisotopic (exact) mass is 466 g/mol. The quantitative estimate of drug-likeness (QED) is 0.219. The fourth-order valence-electron chi connectivity index (χ4n) is 4.26. The van der Waals surface area contributed by atoms with Gasteiger partial charge in [-0.05, 0) is 42.0 Å². The Morgan fingerprint density at radius 1 is 1.00 bits per heavy atom. The van der Waals surface area contributed by atoms with Gasteiger partial charge in [0, 0.05) is 5.92 Å². The average molecular weight is 466 g/mol. The van der Waals surface area contributed by atoms with Crippen molar-refractivity contribution in [3.05, 3.63) is 53.8 Å². The number of hydrogen-bond acceptors (Lipinski definition) is 11. The average Bonchev–Trinajstić information content (AvgIpc) is 3.18. The van der Waals surface area contributed by atoms with E-state index in [-0.39, 0.29) is 17.9 Å². The van der Waals surface area contributed by atoms with Crippen molar-refractivity contribution in [1.29, 1.82) is 0 Å². The molecule has 1 fully saturated rings. The van der Waals surface area contributed by atoms with E-state index in [4.69, 9.17) is 18.9 Å². The van der Waals surface area contributed by atoms with E-state index in [1.54, 1.807) is 12.2 Å². The molecule has 6 N–H and O–H groups in total. The Bertz CT molecular complexity index is 896. The highest BCUT2D eigenvalue weighted by Gasteiger charge is 2.50. The Hall–Kier alpha value is -2.51. The molecule has 2 heterocycles. The molecule has 0 radical (unpaired) electrons. The summed E-state index contributed by atoms with van der Waals surface area (Å²) < 4.78 is 22.3. The first kappa shape index (κ1) is 23.6. The molecule has 11 heteroatoms. The van der Waals surface area contributed by atoms with E-state index in [2.05, 4.69) is 0 Å². The minimum Gasteiger partial charge on any atom is -0.508 e. The molecule has 1 aromatic carbocycles. The van der Waals surface area contributed by atoms with Gasteiger partial charge in [0.1, 0.15) is 36.3 Å². The van der Waals surface area contributed by atoms with E-state index in [9.17, 15) is 35.4 Å². The van der Waals surface area contributed by atoms with E-state index in [1.807, 2.05) is 0 Å². The minimum atomic E-state index is -1.62. The van der Waals surface area contributed by atoms with Crippen molar-refractivity contribution in [2.75, 3.05) is 13.2 Å². The first-order valence-corrected chi connectivity index (χ1v) is 10.4. The minimum absolute atomic E-state index is 0.00971. The maximum atomic E-state index is 12.5. The Morgan fingerprint density at radius 3 is 2.39 bits per heavy atom. The second-order valence-electron chi connectivity index (χ2n) is 8.09. The smallest absolute Gasteiger partial charge is 0.338 e. The molecular weight excluding hydrogens is 440 g/mol. The van der Waals surface area contributed by atoms with Gasteiger partial charge < -0.3 is 49.6 Å². The molecule has 180 valence electrons. The number of carbonyl (C=O) groups excluding carboxylic acids is 1. The fourth-order valence-corrected chi connectivity index (χ4v) is 4.26. The van der Waals surface area contributed by atoms with Crippen LogP contribution >= 0.6 is 0 Å². The van der Waals surface area contributed by atoms with Gasteiger partial charge in [-0.1, -0.05) is 0 Å². The highest BCUT2D eigenvalue weighted by molar-refractivity contribution is 5.89. The predicted molar refractivity (Wildman–Crippen MR) is 108 cm³/mol. The molecule has 9 atom stereocenters. The Kier molecular flexibility index (Phi) is 7.00. The van der Waals surface area contributed by atoms with Crippen LogP contribution in [-0.4, -0.2) is 92.9 Å². The predicted octanol–water partition coefficient (Wildman–Crippen LogP) is -1.23. The fraction of sp³-hybridized carbons (Fsp3) is 0.500. The van der Waals surface area contributed by atoms with Crippen molar-refractivity contribution in [1.82, 2.24) is 0 Å². The molecule has 33 heavy (non-hydrogen) atoms. The van der Waals surface area contributed by atoms with Crippen LogP contribution < -0.4 is 0 Å². The zero-order valence-corrected chi connectivity index (χ0v) is 17.4. The highest BCUT2D eigenvalue weighted by atomic mass is 16.8. The lowest BCUT2D eigenvalue weighted by atomic mass is 9.88. The summed E-state index contributed by atoms with van der Waals surface area (Å²) >= 11 is 0. The summed E-state index contributed by atoms with van der Waals surface area (Å²) in [6.07, 6.45) is -4.61. The van der Waals surface area contributed by atoms with Gasteiger partial charge in [0.15, 0.2) is 6.29 Å². The lowest BCUT2D eigenvalue weighted by Crippen LogP contribution is -2.60. The first-order chi connectivity index (χ1) is 15.8. The molecule has 0 amide bonds. The third kappa shape index (κ3) is 4.62. The second kappa shape index (κ2) is 9.77. The Morgan fingerprint density at radius 2 is 1.73 bits per heavy atom. The second-order valence-corrected chi connectivity index (χ2v) is 8.09. The summed E-state index contributed by atoms with van der Waals surface area (Å²) in [5.41, 5.74) is 0.711. The van der Waals surface area contributed by atoms with Gasteiger partial charge in [0.05, 0.1) is 31.0 Å². The number of ether oxygens (including phenoxy) is 4. The summed E-state index contributed by atoms with van der Waals surface area (Å²) in [5.74, 6) is -1.68. The van der Waals surface area contributed by atoms with Crippen LogP contribution in [0.3, 0.4) is 0 Å². The van der Waals surface area contributed by atoms with Crippen molar-refractivity contribution >= 4 is 5.97 Å². The largest absolute Gasteiger partial charge is 0.508 e. The number of fused-ring (bicyclic) bond motifs is 1. The summed E-state index contributed by atoms with van der Waals surface area (Å²) in [6, 6.07) is 5.57. The van der Waals surface area contributed by atoms with Gasteiger partial charge in [0.25, 0.3) is 0 Å². The van der Waals surface area contributed by atoms with Crippen LogP contribution in [0, 0.1) is 11.8 Å². The van der Waals surface area contributed by atoms with Crippen LogP contribution in [0.25, 0.3) is 0 Å². The molecule has 1 aromatic rings. The number of phenols is 1. The number of phenolic OH excluding ortho intramolecular Hbond substituents is 1. The molecule has 1 aliphatic carbocycles. The molecule has 3 aliphatic rings. The number of aromatic hydroxyl groups is 1. The molecule has 0 unspecified atom stereocenters. The van der Waals surface area contributed by atoms with Crippen LogP contribution in [0.15, 0.2) is 48.3 Å². The Balaban J connectivity index is 1.49. The van der Waals surface area contributed by atoms with E-state index in [0.29, 0.717) is 5.57 Å². The van der Waals surface area contributed by atoms with Crippen molar-refractivity contribution in [2.24, 2.45) is 11.8 Å². The third-order valence-corrected chi connectivity index (χ3v) is 6.05. The van der Waals surface area contributed by atoms with E-state index < -0.39 is 67.5 Å². The SMILES string of the molecule is O=C(O[C@@H]1C=C(CO)[C@H]2[C@@H](O[C@H]3O[C@@H](CO)[C@H](O)[C@@H](O)[C@@H]3O)OC=C[C@H]21)c1ccc(O)cc1. The van der Waals surface area contributed by atoms with E-state index in [1.165, 1.54) is 30.5 Å². The molecule has 0 aromatic heterocycles. The van der Waals surface area contributed by atoms with Crippen molar-refractivity contribution in [2.45, 2.75) is 43.1 Å². The van der Waals surface area contributed by atoms with Crippen LogP contribution in [0.1, 0.15) is 10.4 Å². The van der Waals surface area contributed by atoms with Gasteiger partial charge >= 0.3 is 5.97 Å². The van der Waals surface area contributed by atoms with Crippen LogP contribution in [0.4, 0.5) is 0 Å². The molecule has 11 nitrogen and oxygen atoms in total. The zero-order chi connectivity index (χ0) is 23.7. The maximum Gasteiger partial charge on any atom is 0.338 e. The summed E-state index contributed by atoms with van der Waals surface area (Å²) in [5, 5.41) is 58.8. The molecule has 4 rings (SSSR count). The molecule has 0 bridgehead atoms. The third-order valence-electron chi connectivity index (χ3n) is 6.05. The van der Waals surface area contributed by atoms with Gasteiger partial charge in [-0.3, -0.25) is 0 Å². The highest BCUT2D eigenvalue weighted by Crippen LogP contribution is 2.42. The van der Waals surface area contributed by atoms with Crippen molar-refractivity contribution < 1.29 is 54.4 Å². The Labute approximate surface area is 188 Å². The summed E-state index contributed by atoms with van der Waals surface area (Å²) in [6.45, 7) is -0.987. The van der Waals surface area contributed by atoms with Gasteiger partial charge in [0.2, 0.25) is 6.29 Å². The number of aliphatic hydroxyl groups is 5. The summed E-state index contributed by atoms with van der Waals surface area (Å²) in [4.78, 5) is 12.5. The number of rotatable bonds is 6. The number of benzene rings is 1. The first-order valence-electron chi connectivity index (χ1n) is 10.4. The lowest BCUT2D eigenvalue weighted by molar-refractivity contribution is -0.339. The van der Waals surface area contributed by atoms with Gasteiger partial charge in [-0.25, -0.2) is 4.79 Å². The molecule has 0 spiro atoms. The molecule has 0 saturated carbocycles. The van der Waals surface area contributed by atoms with Crippen LogP contribution in [0.5, 0.6) is 5.75 Å². The van der Waals surface area contributed by atoms with Crippen LogP contribution in [-0.2, 0) is 18.9 Å². The number of esters is 1. The number of hydrogen-bond donors (Lipinski definition) is 6.